The molecule has 0 radical (unpaired) electrons. The van der Waals surface area contributed by atoms with E-state index >= 15 is 0 Å². The summed E-state index contributed by atoms with van der Waals surface area (Å²) in [6.07, 6.45) is 0.653. The van der Waals surface area contributed by atoms with E-state index in [-0.39, 0.29) is 81.2 Å². The van der Waals surface area contributed by atoms with E-state index in [0.717, 1.165) is 11.3 Å². The zero-order valence-electron chi connectivity index (χ0n) is 41.7. The van der Waals surface area contributed by atoms with Crippen LogP contribution in [0, 0.1) is 0 Å². The largest absolute Gasteiger partial charge is 0.508 e. The maximum Gasteiger partial charge on any atom is 0.407 e. The van der Waals surface area contributed by atoms with Crippen molar-refractivity contribution in [3.63, 3.8) is 0 Å². The molecular formula is C50H69N13O10. The fraction of sp³-hybridized carbons (Fsp3) is 0.420. The van der Waals surface area contributed by atoms with Gasteiger partial charge in [0.1, 0.15) is 34.8 Å². The summed E-state index contributed by atoms with van der Waals surface area (Å²) in [7, 11) is 0. The Hall–Kier alpha value is -8.21. The fourth-order valence-corrected chi connectivity index (χ4v) is 6.95. The number of anilines is 3. The number of rotatable bonds is 28. The molecule has 0 aromatic heterocycles. The van der Waals surface area contributed by atoms with E-state index in [0.29, 0.717) is 43.5 Å². The molecule has 23 heteroatoms. The zero-order valence-corrected chi connectivity index (χ0v) is 41.7. The van der Waals surface area contributed by atoms with Crippen LogP contribution in [-0.2, 0) is 30.5 Å². The lowest BCUT2D eigenvalue weighted by molar-refractivity contribution is -0.129. The molecule has 0 fully saturated rings. The maximum absolute atomic E-state index is 14.3. The Morgan fingerprint density at radius 1 is 0.685 bits per heavy atom. The van der Waals surface area contributed by atoms with Gasteiger partial charge in [-0.05, 0) is 81.0 Å². The van der Waals surface area contributed by atoms with Crippen molar-refractivity contribution < 1.29 is 38.6 Å². The summed E-state index contributed by atoms with van der Waals surface area (Å²) in [4.78, 5) is 105. The molecule has 23 nitrogen and oxygen atoms in total. The normalized spacial score (nSPS) is 12.5. The number of hydrogen-bond donors (Lipinski definition) is 13. The molecule has 15 N–H and O–H groups in total. The predicted molar refractivity (Wildman–Crippen MR) is 279 cm³/mol. The van der Waals surface area contributed by atoms with E-state index in [9.17, 15) is 43.5 Å². The monoisotopic (exact) mass is 1010 g/mol. The van der Waals surface area contributed by atoms with E-state index in [4.69, 9.17) is 16.2 Å². The van der Waals surface area contributed by atoms with Gasteiger partial charge in [0.15, 0.2) is 5.96 Å². The fourth-order valence-electron chi connectivity index (χ4n) is 6.95. The lowest BCUT2D eigenvalue weighted by Gasteiger charge is -2.23. The van der Waals surface area contributed by atoms with Crippen molar-refractivity contribution >= 4 is 58.8 Å². The number of carbonyl (C=O) groups is 6. The van der Waals surface area contributed by atoms with Crippen LogP contribution in [0.4, 0.5) is 26.7 Å². The molecule has 0 aliphatic carbocycles. The molecular weight excluding hydrogens is 943 g/mol. The number of phenolic OH excluding ortho intramolecular Hbond substituents is 1. The molecule has 4 aromatic rings. The molecule has 73 heavy (non-hydrogen) atoms. The van der Waals surface area contributed by atoms with Crippen LogP contribution in [0.15, 0.2) is 93.4 Å². The van der Waals surface area contributed by atoms with E-state index in [1.165, 1.54) is 12.1 Å². The quantitative estimate of drug-likeness (QED) is 0.0164. The van der Waals surface area contributed by atoms with E-state index in [1.54, 1.807) is 39.8 Å². The number of alkyl carbamates (subject to hydrolysis) is 1. The Labute approximate surface area is 423 Å². The SMILES string of the molecule is CCC(=O)NCCNC(=O)NC(N)=NCCC[C@@H](NC(=O)C(c1ccccc1)c1ccc(NCCCNc2c(NCCNC(=O)[C@H](N)CNC(=O)OC(C)(C)C)c(=O)c2=O)cc1)C(=O)NCc1ccc(O)cc1. The molecule has 0 spiro atoms. The smallest absolute Gasteiger partial charge is 0.407 e. The second-order valence-electron chi connectivity index (χ2n) is 17.7. The van der Waals surface area contributed by atoms with Crippen LogP contribution in [0.25, 0.3) is 0 Å². The Bertz CT molecular complexity index is 2540. The number of phenols is 1. The summed E-state index contributed by atoms with van der Waals surface area (Å²) >= 11 is 0. The molecule has 0 aliphatic rings. The minimum Gasteiger partial charge on any atom is -0.508 e. The molecule has 4 rings (SSSR count). The van der Waals surface area contributed by atoms with Gasteiger partial charge in [-0.2, -0.15) is 0 Å². The molecule has 0 saturated heterocycles. The van der Waals surface area contributed by atoms with Gasteiger partial charge in [-0.3, -0.25) is 39.1 Å². The summed E-state index contributed by atoms with van der Waals surface area (Å²) in [5.41, 5.74) is 12.9. The molecule has 0 heterocycles. The Morgan fingerprint density at radius 3 is 1.96 bits per heavy atom. The third kappa shape index (κ3) is 20.2. The van der Waals surface area contributed by atoms with Crippen molar-refractivity contribution in [1.82, 2.24) is 37.2 Å². The Kier molecular flexibility index (Phi) is 23.0. The lowest BCUT2D eigenvalue weighted by Crippen LogP contribution is -2.49. The van der Waals surface area contributed by atoms with Gasteiger partial charge in [0.05, 0.1) is 5.92 Å². The van der Waals surface area contributed by atoms with Gasteiger partial charge >= 0.3 is 12.1 Å². The molecule has 0 saturated carbocycles. The number of ether oxygens (including phenoxy) is 1. The first-order chi connectivity index (χ1) is 34.8. The van der Waals surface area contributed by atoms with Gasteiger partial charge in [-0.15, -0.1) is 0 Å². The number of hydrogen-bond acceptors (Lipinski definition) is 15. The van der Waals surface area contributed by atoms with Crippen molar-refractivity contribution in [2.24, 2.45) is 16.5 Å². The van der Waals surface area contributed by atoms with Gasteiger partial charge in [0.2, 0.25) is 23.6 Å². The van der Waals surface area contributed by atoms with Crippen molar-refractivity contribution in [2.45, 2.75) is 83.5 Å². The minimum absolute atomic E-state index is 0.0794. The molecule has 4 aromatic carbocycles. The van der Waals surface area contributed by atoms with Gasteiger partial charge < -0.3 is 69.2 Å². The van der Waals surface area contributed by atoms with Crippen LogP contribution in [0.3, 0.4) is 0 Å². The second kappa shape index (κ2) is 29.2. The van der Waals surface area contributed by atoms with Gasteiger partial charge in [0, 0.05) is 71.0 Å². The number of aromatic hydroxyl groups is 1. The highest BCUT2D eigenvalue weighted by molar-refractivity contribution is 5.95. The van der Waals surface area contributed by atoms with Crippen molar-refractivity contribution in [2.75, 3.05) is 68.3 Å². The summed E-state index contributed by atoms with van der Waals surface area (Å²) < 4.78 is 5.13. The van der Waals surface area contributed by atoms with E-state index in [2.05, 4.69) is 58.2 Å². The van der Waals surface area contributed by atoms with Crippen LogP contribution < -0.4 is 75.5 Å². The molecule has 1 unspecified atom stereocenters. The summed E-state index contributed by atoms with van der Waals surface area (Å²) in [6.45, 7) is 8.46. The van der Waals surface area contributed by atoms with Crippen LogP contribution >= 0.6 is 0 Å². The second-order valence-corrected chi connectivity index (χ2v) is 17.7. The topological polar surface area (TPSA) is 351 Å². The predicted octanol–water partition coefficient (Wildman–Crippen LogP) is 1.14. The van der Waals surface area contributed by atoms with Crippen molar-refractivity contribution in [3.8, 4) is 5.75 Å². The average Bonchev–Trinajstić information content (AvgIpc) is 3.36. The maximum atomic E-state index is 14.3. The molecule has 0 bridgehead atoms. The molecule has 7 amide bonds. The average molecular weight is 1010 g/mol. The van der Waals surface area contributed by atoms with Crippen LogP contribution in [0.1, 0.15) is 76.0 Å². The van der Waals surface area contributed by atoms with Crippen molar-refractivity contribution in [1.29, 1.82) is 0 Å². The number of nitrogens with zero attached hydrogens (tertiary/aromatic N) is 1. The first kappa shape index (κ1) is 57.4. The Morgan fingerprint density at radius 2 is 1.30 bits per heavy atom. The number of nitrogens with one attached hydrogen (secondary N) is 10. The van der Waals surface area contributed by atoms with Crippen LogP contribution in [0.5, 0.6) is 5.75 Å². The standard InChI is InChI=1S/C50H69N13O10/c1-5-38(65)54-25-28-59-48(71)63-47(52)58-22-9-13-37(45(69)60-29-31-14-20-35(64)21-15-31)62-46(70)39(32-11-7-6-8-12-32)33-16-18-34(19-17-33)53-23-10-24-55-40-41(43(67)42(40)66)56-26-27-57-44(68)36(51)30-61-49(72)73-50(2,3)4/h6-8,11-12,14-21,36-37,39,53,55-56,64H,5,9-10,13,22-30,51H2,1-4H3,(H,54,65)(H,57,68)(H,60,69)(H,61,72)(H,62,70)(H4,52,58,59,63,71)/t36-,37-,39?/m1/s1. The number of amides is 7. The summed E-state index contributed by atoms with van der Waals surface area (Å²) in [5, 5.41) is 37.4. The van der Waals surface area contributed by atoms with Crippen LogP contribution in [0.2, 0.25) is 0 Å². The van der Waals surface area contributed by atoms with Gasteiger partial charge in [-0.1, -0.05) is 61.5 Å². The highest BCUT2D eigenvalue weighted by Crippen LogP contribution is 2.27. The molecule has 394 valence electrons. The van der Waals surface area contributed by atoms with E-state index in [1.807, 2.05) is 54.6 Å². The van der Waals surface area contributed by atoms with E-state index < -0.39 is 64.3 Å². The van der Waals surface area contributed by atoms with Gasteiger partial charge in [0.25, 0.3) is 10.9 Å². The number of guanidine groups is 1. The third-order valence-corrected chi connectivity index (χ3v) is 10.7. The first-order valence-electron chi connectivity index (χ1n) is 24.0. The molecule has 0 aliphatic heterocycles. The first-order valence-corrected chi connectivity index (χ1v) is 24.0. The zero-order chi connectivity index (χ0) is 53.3. The number of urea groups is 1. The molecule has 3 atom stereocenters. The number of nitrogens with two attached hydrogens (primary N) is 2. The number of benzene rings is 3. The summed E-state index contributed by atoms with van der Waals surface area (Å²) in [6, 6.07) is 20.1. The number of carbonyl (C=O) groups excluding carboxylic acids is 6. The lowest BCUT2D eigenvalue weighted by atomic mass is 9.90. The third-order valence-electron chi connectivity index (χ3n) is 10.7. The number of aliphatic imine (C=N–C) groups is 1. The highest BCUT2D eigenvalue weighted by atomic mass is 16.6. The Balaban J connectivity index is 1.30. The minimum atomic E-state index is -1.03. The summed E-state index contributed by atoms with van der Waals surface area (Å²) in [5.74, 6) is -2.41. The highest BCUT2D eigenvalue weighted by Gasteiger charge is 2.28. The van der Waals surface area contributed by atoms with Gasteiger partial charge in [-0.25, -0.2) is 9.59 Å². The van der Waals surface area contributed by atoms with Crippen molar-refractivity contribution in [3.05, 3.63) is 116 Å². The van der Waals surface area contributed by atoms with Crippen LogP contribution in [-0.4, -0.2) is 117 Å².